The van der Waals surface area contributed by atoms with Crippen LogP contribution in [0.2, 0.25) is 0 Å². The van der Waals surface area contributed by atoms with Crippen LogP contribution in [0.1, 0.15) is 19.3 Å². The van der Waals surface area contributed by atoms with Gasteiger partial charge in [-0.2, -0.15) is 0 Å². The molecule has 3 heterocycles. The zero-order chi connectivity index (χ0) is 8.02. The topological polar surface area (TPSA) is 0 Å². The third-order valence-corrected chi connectivity index (χ3v) is 8.98. The number of fused-ring (bicyclic) bond motifs is 3. The maximum atomic E-state index is 2.22. The van der Waals surface area contributed by atoms with Gasteiger partial charge in [0.05, 0.1) is 3.91 Å². The number of rotatable bonds is 1. The second-order valence-corrected chi connectivity index (χ2v) is 8.39. The first-order chi connectivity index (χ1) is 5.89. The Morgan fingerprint density at radius 2 is 1.50 bits per heavy atom. The summed E-state index contributed by atoms with van der Waals surface area (Å²) in [5.41, 5.74) is 0.771. The van der Waals surface area contributed by atoms with Crippen LogP contribution in [-0.4, -0.2) is 21.2 Å². The van der Waals surface area contributed by atoms with Gasteiger partial charge in [-0.05, 0) is 18.8 Å². The predicted molar refractivity (Wildman–Crippen MR) is 60.9 cm³/mol. The Bertz CT molecular complexity index is 166. The number of hydrogen-bond donors (Lipinski definition) is 0. The van der Waals surface area contributed by atoms with E-state index in [9.17, 15) is 0 Å². The Morgan fingerprint density at radius 3 is 1.92 bits per heavy atom. The molecule has 0 spiro atoms. The average Bonchev–Trinajstić information content (AvgIpc) is 2.03. The third-order valence-electron chi connectivity index (χ3n) is 3.49. The van der Waals surface area contributed by atoms with Gasteiger partial charge in [0.15, 0.2) is 0 Å². The van der Waals surface area contributed by atoms with E-state index in [-0.39, 0.29) is 0 Å². The van der Waals surface area contributed by atoms with Crippen LogP contribution in [0.3, 0.4) is 0 Å². The van der Waals surface area contributed by atoms with Gasteiger partial charge in [0.25, 0.3) is 0 Å². The van der Waals surface area contributed by atoms with Crippen molar-refractivity contribution in [1.82, 2.24) is 0 Å². The van der Waals surface area contributed by atoms with Gasteiger partial charge < -0.3 is 0 Å². The third kappa shape index (κ3) is 1.16. The van der Waals surface area contributed by atoms with Crippen LogP contribution in [-0.2, 0) is 0 Å². The Kier molecular flexibility index (Phi) is 2.11. The summed E-state index contributed by atoms with van der Waals surface area (Å²) in [5.74, 6) is 5.53. The lowest BCUT2D eigenvalue weighted by atomic mass is 9.68. The van der Waals surface area contributed by atoms with E-state index in [1.807, 2.05) is 0 Å². The summed E-state index contributed by atoms with van der Waals surface area (Å²) < 4.78 is 0.895. The maximum absolute atomic E-state index is 2.22. The van der Waals surface area contributed by atoms with Gasteiger partial charge in [-0.3, -0.25) is 0 Å². The summed E-state index contributed by atoms with van der Waals surface area (Å²) in [4.78, 5) is 0. The summed E-state index contributed by atoms with van der Waals surface area (Å²) in [5, 5.41) is 0. The molecule has 4 fully saturated rings. The van der Waals surface area contributed by atoms with Crippen molar-refractivity contribution >= 4 is 35.3 Å². The van der Waals surface area contributed by atoms with Crippen molar-refractivity contribution in [3.63, 3.8) is 0 Å². The van der Waals surface area contributed by atoms with Crippen molar-refractivity contribution in [2.45, 2.75) is 23.2 Å². The molecule has 4 aliphatic rings. The summed E-state index contributed by atoms with van der Waals surface area (Å²) in [6, 6.07) is 0. The Balaban J connectivity index is 1.78. The van der Waals surface area contributed by atoms with E-state index in [4.69, 9.17) is 0 Å². The normalized spacial score (nSPS) is 47.5. The molecule has 0 atom stereocenters. The lowest BCUT2D eigenvalue weighted by Gasteiger charge is -2.52. The molecule has 0 nitrogen and oxygen atoms in total. The highest BCUT2D eigenvalue weighted by molar-refractivity contribution is 8.33. The van der Waals surface area contributed by atoms with Gasteiger partial charge >= 0.3 is 0 Å². The lowest BCUT2D eigenvalue weighted by Crippen LogP contribution is -2.47. The largest absolute Gasteiger partial charge is 0.136 e. The summed E-state index contributed by atoms with van der Waals surface area (Å²) in [7, 11) is 0. The van der Waals surface area contributed by atoms with Crippen molar-refractivity contribution in [2.24, 2.45) is 11.3 Å². The molecule has 1 saturated carbocycles. The minimum atomic E-state index is 0.771. The van der Waals surface area contributed by atoms with Crippen molar-refractivity contribution < 1.29 is 0 Å². The van der Waals surface area contributed by atoms with Crippen LogP contribution in [0, 0.1) is 11.3 Å². The molecule has 3 aliphatic heterocycles. The smallest absolute Gasteiger partial charge is 0.0956 e. The van der Waals surface area contributed by atoms with E-state index in [1.54, 1.807) is 0 Å². The lowest BCUT2D eigenvalue weighted by molar-refractivity contribution is 0.153. The molecule has 0 unspecified atom stereocenters. The molecular formula is C9H14S3. The highest BCUT2D eigenvalue weighted by atomic mass is 32.3. The fourth-order valence-corrected chi connectivity index (χ4v) is 7.84. The van der Waals surface area contributed by atoms with E-state index in [0.717, 1.165) is 15.2 Å². The van der Waals surface area contributed by atoms with Gasteiger partial charge in [0, 0.05) is 22.7 Å². The van der Waals surface area contributed by atoms with Gasteiger partial charge in [-0.1, -0.05) is 6.42 Å². The second kappa shape index (κ2) is 3.03. The van der Waals surface area contributed by atoms with Crippen LogP contribution >= 0.6 is 35.3 Å². The standard InChI is InChI=1S/C9H14S3/c1-2-7(3-1)9-4-10-8(11-5-9)12-6-9/h7-8H,1-6H2. The highest BCUT2D eigenvalue weighted by Crippen LogP contribution is 2.59. The zero-order valence-corrected chi connectivity index (χ0v) is 9.57. The summed E-state index contributed by atoms with van der Waals surface area (Å²) in [6.45, 7) is 0. The van der Waals surface area contributed by atoms with Crippen LogP contribution in [0.5, 0.6) is 0 Å². The minimum Gasteiger partial charge on any atom is -0.136 e. The van der Waals surface area contributed by atoms with Gasteiger partial charge in [0.1, 0.15) is 0 Å². The van der Waals surface area contributed by atoms with E-state index in [0.29, 0.717) is 0 Å². The van der Waals surface area contributed by atoms with Gasteiger partial charge in [-0.15, -0.1) is 35.3 Å². The van der Waals surface area contributed by atoms with Crippen molar-refractivity contribution in [3.05, 3.63) is 0 Å². The Morgan fingerprint density at radius 1 is 0.917 bits per heavy atom. The minimum absolute atomic E-state index is 0.771. The molecule has 0 aromatic carbocycles. The van der Waals surface area contributed by atoms with E-state index in [1.165, 1.54) is 36.5 Å². The predicted octanol–water partition coefficient (Wildman–Crippen LogP) is 3.28. The average molecular weight is 218 g/mol. The van der Waals surface area contributed by atoms with E-state index >= 15 is 0 Å². The molecule has 0 aromatic heterocycles. The van der Waals surface area contributed by atoms with Crippen LogP contribution in [0.4, 0.5) is 0 Å². The molecule has 2 bridgehead atoms. The zero-order valence-electron chi connectivity index (χ0n) is 7.12. The molecule has 0 aromatic rings. The van der Waals surface area contributed by atoms with Crippen LogP contribution in [0.15, 0.2) is 0 Å². The number of hydrogen-bond acceptors (Lipinski definition) is 3. The first-order valence-corrected chi connectivity index (χ1v) is 7.89. The quantitative estimate of drug-likeness (QED) is 0.663. The Hall–Kier alpha value is 1.05. The summed E-state index contributed by atoms with van der Waals surface area (Å²) in [6.07, 6.45) is 4.58. The van der Waals surface area contributed by atoms with Crippen molar-refractivity contribution in [3.8, 4) is 0 Å². The monoisotopic (exact) mass is 218 g/mol. The molecule has 12 heavy (non-hydrogen) atoms. The van der Waals surface area contributed by atoms with E-state index in [2.05, 4.69) is 35.3 Å². The molecule has 68 valence electrons. The van der Waals surface area contributed by atoms with E-state index < -0.39 is 0 Å². The van der Waals surface area contributed by atoms with Crippen molar-refractivity contribution in [1.29, 1.82) is 0 Å². The van der Waals surface area contributed by atoms with Gasteiger partial charge in [-0.25, -0.2) is 0 Å². The first kappa shape index (κ1) is 8.37. The fourth-order valence-electron chi connectivity index (χ4n) is 2.35. The molecule has 0 amide bonds. The van der Waals surface area contributed by atoms with Gasteiger partial charge in [0.2, 0.25) is 0 Å². The summed E-state index contributed by atoms with van der Waals surface area (Å²) >= 11 is 6.65. The molecule has 1 aliphatic carbocycles. The van der Waals surface area contributed by atoms with Crippen LogP contribution in [0.25, 0.3) is 0 Å². The molecule has 4 rings (SSSR count). The second-order valence-electron chi connectivity index (χ2n) is 4.21. The Labute approximate surface area is 87.0 Å². The molecule has 0 radical (unpaired) electrons. The number of thioether (sulfide) groups is 3. The highest BCUT2D eigenvalue weighted by Gasteiger charge is 2.48. The van der Waals surface area contributed by atoms with Crippen LogP contribution < -0.4 is 0 Å². The maximum Gasteiger partial charge on any atom is 0.0956 e. The molecule has 0 N–H and O–H groups in total. The first-order valence-electron chi connectivity index (χ1n) is 4.74. The molecule has 3 heteroatoms. The molecule has 3 saturated heterocycles. The van der Waals surface area contributed by atoms with Crippen molar-refractivity contribution in [2.75, 3.05) is 17.3 Å². The SMILES string of the molecule is C1CC(C23CSC(SC2)SC3)C1. The fraction of sp³-hybridized carbons (Fsp3) is 1.00. The molecular weight excluding hydrogens is 204 g/mol.